The molecule has 3 heteroatoms. The Morgan fingerprint density at radius 1 is 1.00 bits per heavy atom. The van der Waals surface area contributed by atoms with Crippen molar-refractivity contribution in [1.82, 2.24) is 0 Å². The summed E-state index contributed by atoms with van der Waals surface area (Å²) in [5.74, 6) is 0.638. The summed E-state index contributed by atoms with van der Waals surface area (Å²) >= 11 is 0. The molecule has 154 valence electrons. The topological polar surface area (TPSA) is 33.5 Å². The Kier molecular flexibility index (Phi) is 4.93. The first kappa shape index (κ1) is 20.2. The van der Waals surface area contributed by atoms with Crippen LogP contribution in [0.1, 0.15) is 55.2 Å². The molecule has 0 radical (unpaired) electrons. The first-order valence-electron chi connectivity index (χ1n) is 10.4. The molecular formula is C27H29NO2. The van der Waals surface area contributed by atoms with Crippen LogP contribution in [0.25, 0.3) is 6.08 Å². The maximum Gasteiger partial charge on any atom is 0.251 e. The van der Waals surface area contributed by atoms with Gasteiger partial charge in [0.15, 0.2) is 0 Å². The molecule has 1 aromatic heterocycles. The van der Waals surface area contributed by atoms with Gasteiger partial charge in [0.25, 0.3) is 5.91 Å². The minimum atomic E-state index is -0.355. The van der Waals surface area contributed by atoms with Crippen LogP contribution in [-0.4, -0.2) is 11.4 Å². The Morgan fingerprint density at radius 3 is 2.37 bits per heavy atom. The number of nitrogens with zero attached hydrogens (tertiary/aromatic N) is 1. The zero-order valence-corrected chi connectivity index (χ0v) is 18.4. The van der Waals surface area contributed by atoms with E-state index in [1.807, 2.05) is 17.0 Å². The number of hydrogen-bond donors (Lipinski definition) is 0. The summed E-state index contributed by atoms with van der Waals surface area (Å²) in [7, 11) is 0. The third-order valence-electron chi connectivity index (χ3n) is 6.22. The van der Waals surface area contributed by atoms with E-state index in [0.29, 0.717) is 5.76 Å². The third kappa shape index (κ3) is 3.49. The Hall–Kier alpha value is -3.07. The summed E-state index contributed by atoms with van der Waals surface area (Å²) in [6, 6.07) is 18.9. The summed E-state index contributed by atoms with van der Waals surface area (Å²) in [5.41, 5.74) is 5.38. The molecule has 0 spiro atoms. The van der Waals surface area contributed by atoms with Crippen molar-refractivity contribution in [2.45, 2.75) is 52.0 Å². The minimum Gasteiger partial charge on any atom is -0.465 e. The average molecular weight is 400 g/mol. The number of fused-ring (bicyclic) bond motifs is 1. The molecule has 0 aliphatic carbocycles. The molecule has 0 unspecified atom stereocenters. The summed E-state index contributed by atoms with van der Waals surface area (Å²) in [6.07, 6.45) is 5.79. The Morgan fingerprint density at radius 2 is 1.70 bits per heavy atom. The summed E-state index contributed by atoms with van der Waals surface area (Å²) in [5, 5.41) is 0. The average Bonchev–Trinajstić information content (AvgIpc) is 3.20. The molecule has 0 saturated heterocycles. The van der Waals surface area contributed by atoms with E-state index < -0.39 is 0 Å². The second-order valence-corrected chi connectivity index (χ2v) is 9.23. The highest BCUT2D eigenvalue weighted by molar-refractivity contribution is 6.05. The molecule has 2 aromatic carbocycles. The van der Waals surface area contributed by atoms with E-state index in [2.05, 4.69) is 77.1 Å². The first-order chi connectivity index (χ1) is 14.2. The molecule has 1 amide bonds. The van der Waals surface area contributed by atoms with E-state index in [4.69, 9.17) is 4.42 Å². The zero-order valence-electron chi connectivity index (χ0n) is 18.4. The number of benzene rings is 2. The summed E-state index contributed by atoms with van der Waals surface area (Å²) in [6.45, 7) is 10.8. The van der Waals surface area contributed by atoms with E-state index in [1.54, 1.807) is 18.4 Å². The monoisotopic (exact) mass is 399 g/mol. The van der Waals surface area contributed by atoms with Crippen LogP contribution in [-0.2, 0) is 10.2 Å². The molecule has 30 heavy (non-hydrogen) atoms. The first-order valence-corrected chi connectivity index (χ1v) is 10.4. The van der Waals surface area contributed by atoms with Crippen LogP contribution in [0.15, 0.2) is 71.4 Å². The fourth-order valence-electron chi connectivity index (χ4n) is 4.86. The SMILES string of the molecule is Cc1ccc([C@]2(C)CC(C)(C)N(C(=O)/C=C/c3ccco3)c3ccc(C)cc32)cc1. The number of carbonyl (C=O) groups is 1. The van der Waals surface area contributed by atoms with Gasteiger partial charge in [0.05, 0.1) is 6.26 Å². The van der Waals surface area contributed by atoms with Crippen LogP contribution in [0, 0.1) is 13.8 Å². The fourth-order valence-corrected chi connectivity index (χ4v) is 4.86. The number of furan rings is 1. The van der Waals surface area contributed by atoms with Gasteiger partial charge < -0.3 is 9.32 Å². The van der Waals surface area contributed by atoms with Crippen LogP contribution < -0.4 is 4.90 Å². The molecule has 4 rings (SSSR count). The molecule has 0 N–H and O–H groups in total. The quantitative estimate of drug-likeness (QED) is 0.475. The second kappa shape index (κ2) is 7.32. The number of rotatable bonds is 3. The lowest BCUT2D eigenvalue weighted by Crippen LogP contribution is -2.55. The number of amides is 1. The van der Waals surface area contributed by atoms with E-state index in [0.717, 1.165) is 12.1 Å². The lowest BCUT2D eigenvalue weighted by Gasteiger charge is -2.51. The molecule has 0 fully saturated rings. The number of hydrogen-bond acceptors (Lipinski definition) is 2. The van der Waals surface area contributed by atoms with E-state index in [-0.39, 0.29) is 16.9 Å². The number of anilines is 1. The molecule has 3 nitrogen and oxygen atoms in total. The molecule has 1 atom stereocenters. The van der Waals surface area contributed by atoms with Gasteiger partial charge in [0, 0.05) is 22.7 Å². The van der Waals surface area contributed by atoms with Gasteiger partial charge in [-0.15, -0.1) is 0 Å². The summed E-state index contributed by atoms with van der Waals surface area (Å²) < 4.78 is 5.35. The van der Waals surface area contributed by atoms with Crippen LogP contribution in [0.2, 0.25) is 0 Å². The van der Waals surface area contributed by atoms with Gasteiger partial charge in [0.2, 0.25) is 0 Å². The van der Waals surface area contributed by atoms with Gasteiger partial charge in [-0.05, 0) is 69.5 Å². The van der Waals surface area contributed by atoms with Crippen LogP contribution >= 0.6 is 0 Å². The standard InChI is InChI=1S/C27H29NO2/c1-19-8-11-21(12-9-19)27(5)18-26(3,4)28(24-14-10-20(2)17-23(24)27)25(29)15-13-22-7-6-16-30-22/h6-17H,18H2,1-5H3/b15-13+/t27-/m0/s1. The fraction of sp³-hybridized carbons (Fsp3) is 0.296. The molecule has 2 heterocycles. The molecule has 0 bridgehead atoms. The number of carbonyl (C=O) groups excluding carboxylic acids is 1. The number of aryl methyl sites for hydroxylation is 2. The van der Waals surface area contributed by atoms with Crippen molar-refractivity contribution in [2.75, 3.05) is 4.90 Å². The van der Waals surface area contributed by atoms with Crippen molar-refractivity contribution in [3.8, 4) is 0 Å². The maximum absolute atomic E-state index is 13.3. The molecule has 1 aliphatic rings. The Labute approximate surface area is 179 Å². The third-order valence-corrected chi connectivity index (χ3v) is 6.22. The van der Waals surface area contributed by atoms with Crippen LogP contribution in [0.4, 0.5) is 5.69 Å². The molecular weight excluding hydrogens is 370 g/mol. The highest BCUT2D eigenvalue weighted by atomic mass is 16.3. The van der Waals surface area contributed by atoms with Crippen molar-refractivity contribution in [3.05, 3.63) is 95.0 Å². The largest absolute Gasteiger partial charge is 0.465 e. The van der Waals surface area contributed by atoms with E-state index >= 15 is 0 Å². The van der Waals surface area contributed by atoms with Crippen molar-refractivity contribution in [3.63, 3.8) is 0 Å². The van der Waals surface area contributed by atoms with Crippen LogP contribution in [0.3, 0.4) is 0 Å². The smallest absolute Gasteiger partial charge is 0.251 e. The van der Waals surface area contributed by atoms with Crippen molar-refractivity contribution in [2.24, 2.45) is 0 Å². The highest BCUT2D eigenvalue weighted by Gasteiger charge is 2.47. The van der Waals surface area contributed by atoms with Crippen LogP contribution in [0.5, 0.6) is 0 Å². The van der Waals surface area contributed by atoms with Crippen molar-refractivity contribution >= 4 is 17.7 Å². The second-order valence-electron chi connectivity index (χ2n) is 9.23. The van der Waals surface area contributed by atoms with Gasteiger partial charge in [-0.2, -0.15) is 0 Å². The predicted octanol–water partition coefficient (Wildman–Crippen LogP) is 6.43. The van der Waals surface area contributed by atoms with Gasteiger partial charge in [-0.3, -0.25) is 4.79 Å². The van der Waals surface area contributed by atoms with Crippen molar-refractivity contribution in [1.29, 1.82) is 0 Å². The highest BCUT2D eigenvalue weighted by Crippen LogP contribution is 2.50. The van der Waals surface area contributed by atoms with E-state index in [1.165, 1.54) is 22.3 Å². The Bertz CT molecular complexity index is 1090. The predicted molar refractivity (Wildman–Crippen MR) is 123 cm³/mol. The molecule has 0 saturated carbocycles. The van der Waals surface area contributed by atoms with Gasteiger partial charge >= 0.3 is 0 Å². The Balaban J connectivity index is 1.83. The van der Waals surface area contributed by atoms with Gasteiger partial charge in [-0.1, -0.05) is 54.4 Å². The van der Waals surface area contributed by atoms with Gasteiger partial charge in [-0.25, -0.2) is 0 Å². The molecule has 3 aromatic rings. The lowest BCUT2D eigenvalue weighted by atomic mass is 9.65. The van der Waals surface area contributed by atoms with Crippen molar-refractivity contribution < 1.29 is 9.21 Å². The molecule has 1 aliphatic heterocycles. The summed E-state index contributed by atoms with van der Waals surface area (Å²) in [4.78, 5) is 15.3. The van der Waals surface area contributed by atoms with E-state index in [9.17, 15) is 4.79 Å². The minimum absolute atomic E-state index is 0.0348. The normalized spacial score (nSPS) is 20.4. The zero-order chi connectivity index (χ0) is 21.5. The lowest BCUT2D eigenvalue weighted by molar-refractivity contribution is -0.115. The maximum atomic E-state index is 13.3. The van der Waals surface area contributed by atoms with Gasteiger partial charge in [0.1, 0.15) is 5.76 Å².